The highest BCUT2D eigenvalue weighted by Crippen LogP contribution is 2.38. The van der Waals surface area contributed by atoms with Gasteiger partial charge in [-0.25, -0.2) is 4.98 Å². The number of likely N-dealkylation sites (tertiary alicyclic amines) is 1. The average Bonchev–Trinajstić information content (AvgIpc) is 3.14. The van der Waals surface area contributed by atoms with Crippen LogP contribution in [0.4, 0.5) is 0 Å². The predicted molar refractivity (Wildman–Crippen MR) is 100 cm³/mol. The van der Waals surface area contributed by atoms with Crippen LogP contribution in [0.15, 0.2) is 48.7 Å². The van der Waals surface area contributed by atoms with E-state index in [0.29, 0.717) is 31.0 Å². The van der Waals surface area contributed by atoms with Gasteiger partial charge in [-0.3, -0.25) is 9.59 Å². The summed E-state index contributed by atoms with van der Waals surface area (Å²) >= 11 is 0. The van der Waals surface area contributed by atoms with E-state index in [1.165, 1.54) is 6.20 Å². The highest BCUT2D eigenvalue weighted by Gasteiger charge is 2.48. The third kappa shape index (κ3) is 3.94. The second kappa shape index (κ2) is 7.78. The van der Waals surface area contributed by atoms with Crippen LogP contribution in [0, 0.1) is 11.3 Å². The Bertz CT molecular complexity index is 805. The molecule has 1 N–H and O–H groups in total. The Morgan fingerprint density at radius 3 is 2.52 bits per heavy atom. The summed E-state index contributed by atoms with van der Waals surface area (Å²) in [5.74, 6) is -0.630. The second-order valence-corrected chi connectivity index (χ2v) is 7.25. The number of aliphatic carboxylic acids is 1. The Morgan fingerprint density at radius 1 is 1.22 bits per heavy atom. The molecular weight excluding hydrogens is 344 g/mol. The third-order valence-corrected chi connectivity index (χ3v) is 5.33. The molecular formula is C21H24N2O4. The van der Waals surface area contributed by atoms with E-state index < -0.39 is 11.4 Å². The number of rotatable bonds is 6. The van der Waals surface area contributed by atoms with E-state index in [4.69, 9.17) is 4.74 Å². The lowest BCUT2D eigenvalue weighted by Crippen LogP contribution is -2.40. The zero-order chi connectivity index (χ0) is 19.4. The monoisotopic (exact) mass is 368 g/mol. The number of aromatic nitrogens is 1. The molecule has 0 spiro atoms. The fourth-order valence-corrected chi connectivity index (χ4v) is 3.41. The van der Waals surface area contributed by atoms with Gasteiger partial charge in [0.15, 0.2) is 0 Å². The van der Waals surface area contributed by atoms with Crippen LogP contribution in [-0.4, -0.2) is 40.0 Å². The molecule has 3 rings (SSSR count). The zero-order valence-corrected chi connectivity index (χ0v) is 15.6. The molecule has 2 heterocycles. The Balaban J connectivity index is 1.63. The zero-order valence-electron chi connectivity index (χ0n) is 15.6. The molecule has 1 atom stereocenters. The molecule has 6 heteroatoms. The molecule has 1 aliphatic heterocycles. The molecule has 1 fully saturated rings. The number of ether oxygens (including phenoxy) is 1. The van der Waals surface area contributed by atoms with Gasteiger partial charge in [-0.2, -0.15) is 0 Å². The van der Waals surface area contributed by atoms with Gasteiger partial charge in [-0.05, 0) is 24.0 Å². The van der Waals surface area contributed by atoms with Crippen molar-refractivity contribution >= 4 is 11.9 Å². The minimum atomic E-state index is -0.873. The van der Waals surface area contributed by atoms with Gasteiger partial charge in [0.25, 0.3) is 5.91 Å². The highest BCUT2D eigenvalue weighted by molar-refractivity contribution is 5.94. The van der Waals surface area contributed by atoms with Crippen LogP contribution in [0.5, 0.6) is 5.88 Å². The van der Waals surface area contributed by atoms with Gasteiger partial charge in [-0.1, -0.05) is 44.2 Å². The molecule has 1 amide bonds. The van der Waals surface area contributed by atoms with Gasteiger partial charge in [0.05, 0.1) is 11.0 Å². The Kier molecular flexibility index (Phi) is 5.44. The summed E-state index contributed by atoms with van der Waals surface area (Å²) in [5.41, 5.74) is 0.601. The fraction of sp³-hybridized carbons (Fsp3) is 0.381. The van der Waals surface area contributed by atoms with E-state index in [1.807, 2.05) is 44.2 Å². The van der Waals surface area contributed by atoms with Gasteiger partial charge in [0.2, 0.25) is 5.88 Å². The molecule has 0 bridgehead atoms. The molecule has 1 unspecified atom stereocenters. The number of benzene rings is 1. The van der Waals surface area contributed by atoms with E-state index >= 15 is 0 Å². The van der Waals surface area contributed by atoms with Gasteiger partial charge in [-0.15, -0.1) is 0 Å². The smallest absolute Gasteiger partial charge is 0.311 e. The van der Waals surface area contributed by atoms with Crippen molar-refractivity contribution in [2.24, 2.45) is 11.3 Å². The maximum Gasteiger partial charge on any atom is 0.311 e. The van der Waals surface area contributed by atoms with Crippen LogP contribution >= 0.6 is 0 Å². The lowest BCUT2D eigenvalue weighted by Gasteiger charge is -2.28. The number of pyridine rings is 1. The van der Waals surface area contributed by atoms with E-state index in [9.17, 15) is 14.7 Å². The summed E-state index contributed by atoms with van der Waals surface area (Å²) in [6, 6.07) is 13.1. The SMILES string of the molecule is CC(C)C1(C(=O)O)CCN(C(=O)c2ccc(OCc3ccccc3)nc2)C1. The summed E-state index contributed by atoms with van der Waals surface area (Å²) in [6.45, 7) is 4.86. The summed E-state index contributed by atoms with van der Waals surface area (Å²) in [6.07, 6.45) is 1.95. The molecule has 1 aromatic heterocycles. The summed E-state index contributed by atoms with van der Waals surface area (Å²) in [5, 5.41) is 9.63. The topological polar surface area (TPSA) is 79.7 Å². The maximum atomic E-state index is 12.7. The first-order valence-corrected chi connectivity index (χ1v) is 9.08. The molecule has 1 saturated heterocycles. The normalized spacial score (nSPS) is 19.3. The standard InChI is InChI=1S/C21H24N2O4/c1-15(2)21(20(25)26)10-11-23(14-21)19(24)17-8-9-18(22-12-17)27-13-16-6-4-3-5-7-16/h3-9,12,15H,10-11,13-14H2,1-2H3,(H,25,26). The average molecular weight is 368 g/mol. The number of carboxylic acid groups (broad SMARTS) is 1. The molecule has 0 radical (unpaired) electrons. The van der Waals surface area contributed by atoms with Crippen LogP contribution in [0.2, 0.25) is 0 Å². The largest absolute Gasteiger partial charge is 0.481 e. The second-order valence-electron chi connectivity index (χ2n) is 7.25. The number of hydrogen-bond acceptors (Lipinski definition) is 4. The Labute approximate surface area is 158 Å². The molecule has 1 aromatic carbocycles. The van der Waals surface area contributed by atoms with Crippen LogP contribution in [0.25, 0.3) is 0 Å². The van der Waals surface area contributed by atoms with Crippen LogP contribution in [0.3, 0.4) is 0 Å². The van der Waals surface area contributed by atoms with Gasteiger partial charge in [0.1, 0.15) is 6.61 Å². The minimum absolute atomic E-state index is 0.0420. The van der Waals surface area contributed by atoms with Crippen molar-refractivity contribution in [3.8, 4) is 5.88 Å². The van der Waals surface area contributed by atoms with Crippen molar-refractivity contribution in [3.05, 3.63) is 59.8 Å². The number of carbonyl (C=O) groups excluding carboxylic acids is 1. The lowest BCUT2D eigenvalue weighted by molar-refractivity contribution is -0.150. The molecule has 0 saturated carbocycles. The van der Waals surface area contributed by atoms with Crippen LogP contribution < -0.4 is 4.74 Å². The number of hydrogen-bond donors (Lipinski definition) is 1. The highest BCUT2D eigenvalue weighted by atomic mass is 16.5. The number of carboxylic acids is 1. The minimum Gasteiger partial charge on any atom is -0.481 e. The van der Waals surface area contributed by atoms with Crippen molar-refractivity contribution in [2.75, 3.05) is 13.1 Å². The Hall–Kier alpha value is -2.89. The van der Waals surface area contributed by atoms with Crippen molar-refractivity contribution < 1.29 is 19.4 Å². The number of amides is 1. The summed E-state index contributed by atoms with van der Waals surface area (Å²) in [4.78, 5) is 30.3. The molecule has 2 aromatic rings. The molecule has 1 aliphatic rings. The molecule has 27 heavy (non-hydrogen) atoms. The van der Waals surface area contributed by atoms with E-state index in [1.54, 1.807) is 17.0 Å². The predicted octanol–water partition coefficient (Wildman–Crippen LogP) is 3.23. The Morgan fingerprint density at radius 2 is 1.96 bits per heavy atom. The quantitative estimate of drug-likeness (QED) is 0.847. The van der Waals surface area contributed by atoms with Crippen LogP contribution in [0.1, 0.15) is 36.2 Å². The van der Waals surface area contributed by atoms with Crippen molar-refractivity contribution in [3.63, 3.8) is 0 Å². The number of nitrogens with zero attached hydrogens (tertiary/aromatic N) is 2. The van der Waals surface area contributed by atoms with Gasteiger partial charge < -0.3 is 14.7 Å². The van der Waals surface area contributed by atoms with Crippen molar-refractivity contribution in [1.82, 2.24) is 9.88 Å². The first kappa shape index (κ1) is 18.9. The van der Waals surface area contributed by atoms with Gasteiger partial charge in [0, 0.05) is 25.4 Å². The fourth-order valence-electron chi connectivity index (χ4n) is 3.41. The first-order valence-electron chi connectivity index (χ1n) is 9.08. The summed E-state index contributed by atoms with van der Waals surface area (Å²) < 4.78 is 5.63. The first-order chi connectivity index (χ1) is 12.9. The summed E-state index contributed by atoms with van der Waals surface area (Å²) in [7, 11) is 0. The van der Waals surface area contributed by atoms with E-state index in [2.05, 4.69) is 4.98 Å². The van der Waals surface area contributed by atoms with Crippen molar-refractivity contribution in [1.29, 1.82) is 0 Å². The van der Waals surface area contributed by atoms with Gasteiger partial charge >= 0.3 is 5.97 Å². The van der Waals surface area contributed by atoms with E-state index in [0.717, 1.165) is 5.56 Å². The molecule has 0 aliphatic carbocycles. The molecule has 6 nitrogen and oxygen atoms in total. The van der Waals surface area contributed by atoms with Crippen molar-refractivity contribution in [2.45, 2.75) is 26.9 Å². The van der Waals surface area contributed by atoms with Crippen LogP contribution in [-0.2, 0) is 11.4 Å². The van der Waals surface area contributed by atoms with E-state index in [-0.39, 0.29) is 18.4 Å². The number of carbonyl (C=O) groups is 2. The lowest BCUT2D eigenvalue weighted by atomic mass is 9.76. The molecule has 142 valence electrons. The maximum absolute atomic E-state index is 12.7. The third-order valence-electron chi connectivity index (χ3n) is 5.33.